The Hall–Kier alpha value is -1.26. The summed E-state index contributed by atoms with van der Waals surface area (Å²) >= 11 is 5.84. The second-order valence-electron chi connectivity index (χ2n) is 8.46. The van der Waals surface area contributed by atoms with Gasteiger partial charge in [-0.15, -0.1) is 0 Å². The van der Waals surface area contributed by atoms with E-state index in [-0.39, 0.29) is 10.8 Å². The minimum Gasteiger partial charge on any atom is -0.303 e. The van der Waals surface area contributed by atoms with Crippen LogP contribution in [0.2, 0.25) is 5.02 Å². The van der Waals surface area contributed by atoms with E-state index in [0.717, 1.165) is 64.6 Å². The molecule has 1 aliphatic carbocycles. The van der Waals surface area contributed by atoms with Crippen molar-refractivity contribution in [2.24, 2.45) is 11.8 Å². The highest BCUT2D eigenvalue weighted by Crippen LogP contribution is 2.27. The van der Waals surface area contributed by atoms with Crippen LogP contribution in [-0.4, -0.2) is 36.1 Å². The van der Waals surface area contributed by atoms with Crippen LogP contribution in [0, 0.1) is 17.7 Å². The first kappa shape index (κ1) is 21.4. The van der Waals surface area contributed by atoms with Crippen molar-refractivity contribution in [2.45, 2.75) is 64.2 Å². The minimum atomic E-state index is -0.462. The summed E-state index contributed by atoms with van der Waals surface area (Å²) in [5.41, 5.74) is 0.370. The van der Waals surface area contributed by atoms with Gasteiger partial charge >= 0.3 is 0 Å². The number of likely N-dealkylation sites (tertiary alicyclic amines) is 1. The van der Waals surface area contributed by atoms with Gasteiger partial charge in [-0.1, -0.05) is 24.4 Å². The molecule has 28 heavy (non-hydrogen) atoms. The molecule has 3 nitrogen and oxygen atoms in total. The van der Waals surface area contributed by atoms with Crippen molar-refractivity contribution in [3.63, 3.8) is 0 Å². The lowest BCUT2D eigenvalue weighted by atomic mass is 9.90. The summed E-state index contributed by atoms with van der Waals surface area (Å²) in [6.07, 6.45) is 9.82. The molecule has 1 aliphatic heterocycles. The molecule has 1 aromatic carbocycles. The number of carbonyl (C=O) groups excluding carboxylic acids is 2. The maximum Gasteiger partial charge on any atom is 0.163 e. The third kappa shape index (κ3) is 6.38. The molecule has 1 heterocycles. The maximum absolute atomic E-state index is 13.4. The molecule has 154 valence electrons. The van der Waals surface area contributed by atoms with E-state index < -0.39 is 5.82 Å². The molecule has 0 atom stereocenters. The van der Waals surface area contributed by atoms with E-state index in [1.807, 2.05) is 0 Å². The average Bonchev–Trinajstić information content (AvgIpc) is 3.21. The molecular weight excluding hydrogens is 377 g/mol. The Balaban J connectivity index is 1.31. The van der Waals surface area contributed by atoms with Crippen LogP contribution in [0.15, 0.2) is 18.2 Å². The zero-order valence-corrected chi connectivity index (χ0v) is 17.4. The van der Waals surface area contributed by atoms with Gasteiger partial charge in [-0.3, -0.25) is 9.59 Å². The van der Waals surface area contributed by atoms with Crippen molar-refractivity contribution in [3.8, 4) is 0 Å². The summed E-state index contributed by atoms with van der Waals surface area (Å²) in [5, 5.41) is 0.267. The van der Waals surface area contributed by atoms with E-state index in [0.29, 0.717) is 29.6 Å². The van der Waals surface area contributed by atoms with Crippen molar-refractivity contribution in [1.82, 2.24) is 4.90 Å². The van der Waals surface area contributed by atoms with Crippen molar-refractivity contribution in [1.29, 1.82) is 0 Å². The van der Waals surface area contributed by atoms with Gasteiger partial charge in [0, 0.05) is 29.3 Å². The number of piperidine rings is 1. The van der Waals surface area contributed by atoms with E-state index in [1.54, 1.807) is 6.07 Å². The number of hydrogen-bond acceptors (Lipinski definition) is 3. The fourth-order valence-corrected chi connectivity index (χ4v) is 4.84. The second-order valence-corrected chi connectivity index (χ2v) is 8.89. The standard InChI is InChI=1S/C23H31ClFNO2/c24-20-14-19(15-21(25)16-20)23(28)8-7-17-9-12-26(13-10-17)11-3-6-22(27)18-4-1-2-5-18/h14-18H,1-13H2. The number of Topliss-reactive ketones (excluding diaryl/α,β-unsaturated/α-hetero) is 2. The largest absolute Gasteiger partial charge is 0.303 e. The molecular formula is C23H31ClFNO2. The molecule has 0 amide bonds. The highest BCUT2D eigenvalue weighted by molar-refractivity contribution is 6.31. The minimum absolute atomic E-state index is 0.0331. The predicted octanol–water partition coefficient (Wildman–Crippen LogP) is 5.69. The van der Waals surface area contributed by atoms with Gasteiger partial charge in [0.15, 0.2) is 5.78 Å². The van der Waals surface area contributed by atoms with Gasteiger partial charge in [0.1, 0.15) is 11.6 Å². The molecule has 1 aromatic rings. The molecule has 0 spiro atoms. The SMILES string of the molecule is O=C(CCC1CCN(CCCC(=O)C2CCCC2)CC1)c1cc(F)cc(Cl)c1. The third-order valence-electron chi connectivity index (χ3n) is 6.38. The summed E-state index contributed by atoms with van der Waals surface area (Å²) in [4.78, 5) is 26.9. The van der Waals surface area contributed by atoms with Crippen LogP contribution in [0.4, 0.5) is 4.39 Å². The lowest BCUT2D eigenvalue weighted by molar-refractivity contribution is -0.122. The van der Waals surface area contributed by atoms with Gasteiger partial charge in [-0.25, -0.2) is 4.39 Å². The van der Waals surface area contributed by atoms with Gasteiger partial charge in [0.05, 0.1) is 0 Å². The third-order valence-corrected chi connectivity index (χ3v) is 6.60. The topological polar surface area (TPSA) is 37.4 Å². The van der Waals surface area contributed by atoms with Gasteiger partial charge in [-0.2, -0.15) is 0 Å². The summed E-state index contributed by atoms with van der Waals surface area (Å²) in [5.74, 6) is 0.869. The highest BCUT2D eigenvalue weighted by atomic mass is 35.5. The Morgan fingerprint density at radius 3 is 2.43 bits per heavy atom. The second kappa shape index (κ2) is 10.5. The highest BCUT2D eigenvalue weighted by Gasteiger charge is 2.23. The molecule has 2 aliphatic rings. The van der Waals surface area contributed by atoms with Crippen molar-refractivity contribution in [3.05, 3.63) is 34.6 Å². The number of nitrogens with zero attached hydrogens (tertiary/aromatic N) is 1. The number of hydrogen-bond donors (Lipinski definition) is 0. The molecule has 1 saturated carbocycles. The van der Waals surface area contributed by atoms with Crippen LogP contribution in [0.1, 0.15) is 74.6 Å². The van der Waals surface area contributed by atoms with Crippen LogP contribution >= 0.6 is 11.6 Å². The fourth-order valence-electron chi connectivity index (χ4n) is 4.62. The van der Waals surface area contributed by atoms with Crippen LogP contribution in [0.3, 0.4) is 0 Å². The van der Waals surface area contributed by atoms with Crippen LogP contribution in [-0.2, 0) is 4.79 Å². The first-order valence-electron chi connectivity index (χ1n) is 10.8. The summed E-state index contributed by atoms with van der Waals surface area (Å²) in [6.45, 7) is 3.09. The Kier molecular flexibility index (Phi) is 8.04. The lowest BCUT2D eigenvalue weighted by Crippen LogP contribution is -2.34. The number of carbonyl (C=O) groups is 2. The number of halogens is 2. The normalized spacial score (nSPS) is 19.2. The van der Waals surface area contributed by atoms with Gasteiger partial charge in [0.25, 0.3) is 0 Å². The Morgan fingerprint density at radius 1 is 1.04 bits per heavy atom. The summed E-state index contributed by atoms with van der Waals surface area (Å²) < 4.78 is 13.4. The smallest absolute Gasteiger partial charge is 0.163 e. The van der Waals surface area contributed by atoms with E-state index in [2.05, 4.69) is 4.90 Å². The van der Waals surface area contributed by atoms with Crippen molar-refractivity contribution >= 4 is 23.2 Å². The monoisotopic (exact) mass is 407 g/mol. The van der Waals surface area contributed by atoms with E-state index in [9.17, 15) is 14.0 Å². The molecule has 5 heteroatoms. The maximum atomic E-state index is 13.4. The summed E-state index contributed by atoms with van der Waals surface area (Å²) in [7, 11) is 0. The molecule has 0 aromatic heterocycles. The van der Waals surface area contributed by atoms with Gasteiger partial charge in [0.2, 0.25) is 0 Å². The zero-order chi connectivity index (χ0) is 19.9. The van der Waals surface area contributed by atoms with Crippen LogP contribution < -0.4 is 0 Å². The number of benzene rings is 1. The van der Waals surface area contributed by atoms with E-state index >= 15 is 0 Å². The van der Waals surface area contributed by atoms with Gasteiger partial charge < -0.3 is 4.90 Å². The number of rotatable bonds is 9. The molecule has 0 bridgehead atoms. The lowest BCUT2D eigenvalue weighted by Gasteiger charge is -2.31. The molecule has 3 rings (SSSR count). The van der Waals surface area contributed by atoms with Crippen LogP contribution in [0.25, 0.3) is 0 Å². The Labute approximate surface area is 172 Å². The molecule has 0 N–H and O–H groups in total. The zero-order valence-electron chi connectivity index (χ0n) is 16.6. The summed E-state index contributed by atoms with van der Waals surface area (Å²) in [6, 6.07) is 4.03. The van der Waals surface area contributed by atoms with E-state index in [4.69, 9.17) is 11.6 Å². The molecule has 1 saturated heterocycles. The van der Waals surface area contributed by atoms with Gasteiger partial charge in [-0.05, 0) is 82.3 Å². The van der Waals surface area contributed by atoms with Crippen molar-refractivity contribution < 1.29 is 14.0 Å². The quantitative estimate of drug-likeness (QED) is 0.493. The fraction of sp³-hybridized carbons (Fsp3) is 0.652. The first-order valence-corrected chi connectivity index (χ1v) is 11.1. The van der Waals surface area contributed by atoms with E-state index in [1.165, 1.54) is 25.0 Å². The van der Waals surface area contributed by atoms with Crippen LogP contribution in [0.5, 0.6) is 0 Å². The Morgan fingerprint density at radius 2 is 1.75 bits per heavy atom. The molecule has 0 radical (unpaired) electrons. The molecule has 0 unspecified atom stereocenters. The van der Waals surface area contributed by atoms with Crippen molar-refractivity contribution in [2.75, 3.05) is 19.6 Å². The Bertz CT molecular complexity index is 659. The average molecular weight is 408 g/mol. The molecule has 2 fully saturated rings. The first-order chi connectivity index (χ1) is 13.5. The predicted molar refractivity (Wildman–Crippen MR) is 110 cm³/mol. The number of ketones is 2.